The van der Waals surface area contributed by atoms with Gasteiger partial charge in [-0.15, -0.1) is 0 Å². The van der Waals surface area contributed by atoms with Crippen molar-refractivity contribution in [2.45, 2.75) is 13.5 Å². The van der Waals surface area contributed by atoms with Crippen molar-refractivity contribution >= 4 is 20.9 Å². The van der Waals surface area contributed by atoms with E-state index < -0.39 is 9.84 Å². The van der Waals surface area contributed by atoms with Crippen molar-refractivity contribution in [2.75, 3.05) is 24.6 Å². The fourth-order valence-corrected chi connectivity index (χ4v) is 5.46. The van der Waals surface area contributed by atoms with Gasteiger partial charge in [-0.2, -0.15) is 0 Å². The zero-order valence-corrected chi connectivity index (χ0v) is 18.3. The van der Waals surface area contributed by atoms with Crippen LogP contribution in [0.2, 0.25) is 0 Å². The average molecular weight is 432 g/mol. The molecule has 1 aromatic heterocycles. The molecule has 31 heavy (non-hydrogen) atoms. The van der Waals surface area contributed by atoms with Gasteiger partial charge in [-0.05, 0) is 52.9 Å². The van der Waals surface area contributed by atoms with Crippen LogP contribution in [-0.2, 0) is 16.4 Å². The molecule has 6 heteroatoms. The highest BCUT2D eigenvalue weighted by molar-refractivity contribution is 7.91. The molecule has 1 aliphatic rings. The van der Waals surface area contributed by atoms with E-state index >= 15 is 0 Å². The number of aromatic amines is 1. The lowest BCUT2D eigenvalue weighted by molar-refractivity contribution is 0.288. The first-order chi connectivity index (χ1) is 14.9. The van der Waals surface area contributed by atoms with Crippen molar-refractivity contribution < 1.29 is 8.42 Å². The second kappa shape index (κ2) is 7.94. The molecule has 5 rings (SSSR count). The van der Waals surface area contributed by atoms with E-state index in [0.29, 0.717) is 13.1 Å². The van der Waals surface area contributed by atoms with E-state index in [4.69, 9.17) is 0 Å². The molecule has 5 nitrogen and oxygen atoms in total. The first kappa shape index (κ1) is 20.0. The average Bonchev–Trinajstić information content (AvgIpc) is 3.15. The Morgan fingerprint density at radius 1 is 0.871 bits per heavy atom. The highest BCUT2D eigenvalue weighted by atomic mass is 32.2. The Labute approximate surface area is 182 Å². The van der Waals surface area contributed by atoms with E-state index in [1.54, 1.807) is 0 Å². The minimum Gasteiger partial charge on any atom is -0.342 e. The summed E-state index contributed by atoms with van der Waals surface area (Å²) in [6, 6.07) is 23.4. The molecule has 158 valence electrons. The Hall–Kier alpha value is -2.96. The summed E-state index contributed by atoms with van der Waals surface area (Å²) in [5.41, 5.74) is 7.93. The SMILES string of the molecule is Cc1nc2ccc(-c3ccc(-c4cccc(CN5CCS(=O)(=O)CC5)c4)cc3)cc2[nH]1. The van der Waals surface area contributed by atoms with Crippen molar-refractivity contribution in [3.05, 3.63) is 78.1 Å². The fourth-order valence-electron chi connectivity index (χ4n) is 4.19. The van der Waals surface area contributed by atoms with E-state index in [1.807, 2.05) is 6.92 Å². The number of benzene rings is 3. The molecule has 1 N–H and O–H groups in total. The number of rotatable bonds is 4. The molecular formula is C25H25N3O2S. The maximum absolute atomic E-state index is 11.7. The maximum Gasteiger partial charge on any atom is 0.152 e. The highest BCUT2D eigenvalue weighted by Crippen LogP contribution is 2.27. The van der Waals surface area contributed by atoms with Gasteiger partial charge in [-0.3, -0.25) is 4.90 Å². The first-order valence-electron chi connectivity index (χ1n) is 10.5. The van der Waals surface area contributed by atoms with E-state index in [2.05, 4.69) is 81.6 Å². The fraction of sp³-hybridized carbons (Fsp3) is 0.240. The number of aryl methyl sites for hydroxylation is 1. The van der Waals surface area contributed by atoms with Crippen LogP contribution in [0.1, 0.15) is 11.4 Å². The number of aromatic nitrogens is 2. The predicted molar refractivity (Wildman–Crippen MR) is 126 cm³/mol. The number of sulfone groups is 1. The zero-order chi connectivity index (χ0) is 21.4. The van der Waals surface area contributed by atoms with Crippen LogP contribution in [0.3, 0.4) is 0 Å². The molecule has 0 atom stereocenters. The van der Waals surface area contributed by atoms with Crippen LogP contribution >= 0.6 is 0 Å². The lowest BCUT2D eigenvalue weighted by Gasteiger charge is -2.26. The molecular weight excluding hydrogens is 406 g/mol. The number of hydrogen-bond acceptors (Lipinski definition) is 4. The van der Waals surface area contributed by atoms with Crippen molar-refractivity contribution in [1.82, 2.24) is 14.9 Å². The third kappa shape index (κ3) is 4.40. The Morgan fingerprint density at radius 2 is 1.52 bits per heavy atom. The van der Waals surface area contributed by atoms with Gasteiger partial charge in [0.2, 0.25) is 0 Å². The number of H-pyrrole nitrogens is 1. The van der Waals surface area contributed by atoms with Gasteiger partial charge in [-0.25, -0.2) is 13.4 Å². The number of nitrogens with one attached hydrogen (secondary N) is 1. The molecule has 0 aliphatic carbocycles. The largest absolute Gasteiger partial charge is 0.342 e. The van der Waals surface area contributed by atoms with Crippen LogP contribution in [0.25, 0.3) is 33.3 Å². The molecule has 0 bridgehead atoms. The van der Waals surface area contributed by atoms with Gasteiger partial charge in [-0.1, -0.05) is 48.5 Å². The second-order valence-corrected chi connectivity index (χ2v) is 10.6. The molecule has 0 radical (unpaired) electrons. The summed E-state index contributed by atoms with van der Waals surface area (Å²) in [7, 11) is -2.84. The first-order valence-corrected chi connectivity index (χ1v) is 12.4. The van der Waals surface area contributed by atoms with Gasteiger partial charge >= 0.3 is 0 Å². The maximum atomic E-state index is 11.7. The molecule has 1 fully saturated rings. The Morgan fingerprint density at radius 3 is 2.23 bits per heavy atom. The van der Waals surface area contributed by atoms with Gasteiger partial charge in [0.15, 0.2) is 9.84 Å². The summed E-state index contributed by atoms with van der Waals surface area (Å²) in [6.45, 7) is 3.98. The minimum absolute atomic E-state index is 0.262. The Kier molecular flexibility index (Phi) is 5.12. The molecule has 0 unspecified atom stereocenters. The number of nitrogens with zero attached hydrogens (tertiary/aromatic N) is 2. The lowest BCUT2D eigenvalue weighted by atomic mass is 9.99. The van der Waals surface area contributed by atoms with Crippen molar-refractivity contribution in [2.24, 2.45) is 0 Å². The number of imidazole rings is 1. The number of hydrogen-bond donors (Lipinski definition) is 1. The normalized spacial score (nSPS) is 16.5. The quantitative estimate of drug-likeness (QED) is 0.519. The van der Waals surface area contributed by atoms with Crippen molar-refractivity contribution in [3.63, 3.8) is 0 Å². The van der Waals surface area contributed by atoms with Gasteiger partial charge in [0.25, 0.3) is 0 Å². The van der Waals surface area contributed by atoms with Crippen LogP contribution in [0.15, 0.2) is 66.7 Å². The third-order valence-corrected chi connectivity index (χ3v) is 7.53. The summed E-state index contributed by atoms with van der Waals surface area (Å²) in [4.78, 5) is 9.99. The van der Waals surface area contributed by atoms with Gasteiger partial charge in [0.1, 0.15) is 5.82 Å². The van der Waals surface area contributed by atoms with Gasteiger partial charge in [0.05, 0.1) is 22.5 Å². The summed E-state index contributed by atoms with van der Waals surface area (Å²) in [6.07, 6.45) is 0. The molecule has 3 aromatic carbocycles. The van der Waals surface area contributed by atoms with Crippen LogP contribution in [0.5, 0.6) is 0 Å². The molecule has 0 spiro atoms. The molecule has 2 heterocycles. The minimum atomic E-state index is -2.84. The standard InChI is InChI=1S/C25H25N3O2S/c1-18-26-24-10-9-23(16-25(24)27-18)21-7-5-20(6-8-21)22-4-2-3-19(15-22)17-28-11-13-31(29,30)14-12-28/h2-10,15-16H,11-14,17H2,1H3,(H,26,27). The van der Waals surface area contributed by atoms with Crippen LogP contribution in [0, 0.1) is 6.92 Å². The van der Waals surface area contributed by atoms with Crippen molar-refractivity contribution in [1.29, 1.82) is 0 Å². The topological polar surface area (TPSA) is 66.1 Å². The molecule has 1 aliphatic heterocycles. The summed E-state index contributed by atoms with van der Waals surface area (Å²) >= 11 is 0. The summed E-state index contributed by atoms with van der Waals surface area (Å²) in [5, 5.41) is 0. The summed E-state index contributed by atoms with van der Waals surface area (Å²) < 4.78 is 23.3. The van der Waals surface area contributed by atoms with E-state index in [-0.39, 0.29) is 11.5 Å². The van der Waals surface area contributed by atoms with Gasteiger partial charge < -0.3 is 4.98 Å². The summed E-state index contributed by atoms with van der Waals surface area (Å²) in [5.74, 6) is 1.45. The third-order valence-electron chi connectivity index (χ3n) is 5.92. The van der Waals surface area contributed by atoms with Crippen molar-refractivity contribution in [3.8, 4) is 22.3 Å². The van der Waals surface area contributed by atoms with E-state index in [9.17, 15) is 8.42 Å². The smallest absolute Gasteiger partial charge is 0.152 e. The highest BCUT2D eigenvalue weighted by Gasteiger charge is 2.21. The molecule has 4 aromatic rings. The molecule has 0 saturated carbocycles. The van der Waals surface area contributed by atoms with Crippen LogP contribution in [-0.4, -0.2) is 47.9 Å². The Bertz CT molecular complexity index is 1330. The van der Waals surface area contributed by atoms with E-state index in [0.717, 1.165) is 29.0 Å². The molecule has 1 saturated heterocycles. The Balaban J connectivity index is 1.34. The van der Waals surface area contributed by atoms with Crippen LogP contribution < -0.4 is 0 Å². The monoisotopic (exact) mass is 431 g/mol. The van der Waals surface area contributed by atoms with E-state index in [1.165, 1.54) is 22.3 Å². The molecule has 0 amide bonds. The predicted octanol–water partition coefficient (Wildman–Crippen LogP) is 4.44. The van der Waals surface area contributed by atoms with Crippen LogP contribution in [0.4, 0.5) is 0 Å². The second-order valence-electron chi connectivity index (χ2n) is 8.26. The van der Waals surface area contributed by atoms with Gasteiger partial charge in [0, 0.05) is 19.6 Å². The number of fused-ring (bicyclic) bond motifs is 1. The lowest BCUT2D eigenvalue weighted by Crippen LogP contribution is -2.39. The zero-order valence-electron chi connectivity index (χ0n) is 17.5.